The number of tetrazole rings is 1. The van der Waals surface area contributed by atoms with Crippen LogP contribution in [0.1, 0.15) is 36.9 Å². The van der Waals surface area contributed by atoms with Crippen LogP contribution in [0.4, 0.5) is 0 Å². The van der Waals surface area contributed by atoms with Crippen molar-refractivity contribution in [3.8, 4) is 0 Å². The second-order valence-electron chi connectivity index (χ2n) is 6.13. The van der Waals surface area contributed by atoms with Crippen molar-refractivity contribution in [1.29, 1.82) is 0 Å². The van der Waals surface area contributed by atoms with Crippen molar-refractivity contribution in [3.63, 3.8) is 0 Å². The molecule has 0 bridgehead atoms. The molecule has 0 unspecified atom stereocenters. The molecule has 2 aromatic heterocycles. The van der Waals surface area contributed by atoms with Crippen LogP contribution < -0.4 is 0 Å². The predicted octanol–water partition coefficient (Wildman–Crippen LogP) is 2.93. The van der Waals surface area contributed by atoms with Gasteiger partial charge in [-0.3, -0.25) is 4.79 Å². The van der Waals surface area contributed by atoms with Crippen molar-refractivity contribution in [2.45, 2.75) is 37.0 Å². The molecule has 4 rings (SSSR count). The Bertz CT molecular complexity index is 870. The highest BCUT2D eigenvalue weighted by Crippen LogP contribution is 2.36. The van der Waals surface area contributed by atoms with Gasteiger partial charge in [0.1, 0.15) is 5.01 Å². The maximum Gasteiger partial charge on any atom is 0.233 e. The van der Waals surface area contributed by atoms with E-state index in [0.29, 0.717) is 11.8 Å². The predicted molar refractivity (Wildman–Crippen MR) is 97.6 cm³/mol. The number of hydrogen-bond donors (Lipinski definition) is 0. The number of nitrogens with zero attached hydrogens (tertiary/aromatic N) is 6. The summed E-state index contributed by atoms with van der Waals surface area (Å²) in [5.41, 5.74) is 0.980. The van der Waals surface area contributed by atoms with E-state index in [1.165, 1.54) is 11.8 Å². The lowest BCUT2D eigenvalue weighted by molar-refractivity contribution is -0.128. The molecule has 25 heavy (non-hydrogen) atoms. The van der Waals surface area contributed by atoms with Crippen LogP contribution in [-0.4, -0.2) is 48.8 Å². The maximum atomic E-state index is 12.6. The fourth-order valence-electron chi connectivity index (χ4n) is 2.51. The fraction of sp³-hybridized carbons (Fsp3) is 0.438. The van der Waals surface area contributed by atoms with Gasteiger partial charge in [0.05, 0.1) is 28.1 Å². The number of carbonyl (C=O) groups is 1. The van der Waals surface area contributed by atoms with Gasteiger partial charge in [0.15, 0.2) is 0 Å². The molecule has 1 fully saturated rings. The van der Waals surface area contributed by atoms with E-state index in [9.17, 15) is 4.79 Å². The van der Waals surface area contributed by atoms with E-state index in [2.05, 4.69) is 26.6 Å². The van der Waals surface area contributed by atoms with E-state index < -0.39 is 0 Å². The van der Waals surface area contributed by atoms with Gasteiger partial charge in [-0.2, -0.15) is 0 Å². The first-order valence-corrected chi connectivity index (χ1v) is 9.95. The van der Waals surface area contributed by atoms with Crippen LogP contribution in [0.3, 0.4) is 0 Å². The maximum absolute atomic E-state index is 12.6. The first-order chi connectivity index (χ1) is 12.1. The number of thiazole rings is 1. The van der Waals surface area contributed by atoms with E-state index in [4.69, 9.17) is 0 Å². The largest absolute Gasteiger partial charge is 0.336 e. The standard InChI is InChI=1S/C16H18N6OS2/c1-10(15-17-12-5-3-4-6-13(12)25-15)21(2)14(23)9-24-16-18-19-20-22(16)11-7-8-11/h3-6,10-11H,7-9H2,1-2H3/t10-/m1/s1. The van der Waals surface area contributed by atoms with Crippen molar-refractivity contribution in [3.05, 3.63) is 29.3 Å². The summed E-state index contributed by atoms with van der Waals surface area (Å²) in [7, 11) is 1.82. The normalized spacial score (nSPS) is 15.4. The second kappa shape index (κ2) is 6.72. The molecule has 1 aliphatic carbocycles. The molecular weight excluding hydrogens is 356 g/mol. The van der Waals surface area contributed by atoms with E-state index >= 15 is 0 Å². The van der Waals surface area contributed by atoms with Crippen LogP contribution >= 0.6 is 23.1 Å². The number of fused-ring (bicyclic) bond motifs is 1. The summed E-state index contributed by atoms with van der Waals surface area (Å²) in [5.74, 6) is 0.362. The van der Waals surface area contributed by atoms with E-state index in [-0.39, 0.29) is 11.9 Å². The third kappa shape index (κ3) is 3.38. The van der Waals surface area contributed by atoms with Crippen LogP contribution in [0, 0.1) is 0 Å². The van der Waals surface area contributed by atoms with Gasteiger partial charge in [-0.1, -0.05) is 23.9 Å². The SMILES string of the molecule is C[C@H](c1nc2ccccc2s1)N(C)C(=O)CSc1nnnn1C1CC1. The Kier molecular flexibility index (Phi) is 4.43. The number of hydrogen-bond acceptors (Lipinski definition) is 7. The van der Waals surface area contributed by atoms with Crippen molar-refractivity contribution < 1.29 is 4.79 Å². The lowest BCUT2D eigenvalue weighted by atomic mass is 10.3. The highest BCUT2D eigenvalue weighted by molar-refractivity contribution is 7.99. The smallest absolute Gasteiger partial charge is 0.233 e. The number of aromatic nitrogens is 5. The van der Waals surface area contributed by atoms with Gasteiger partial charge in [-0.15, -0.1) is 16.4 Å². The van der Waals surface area contributed by atoms with E-state index in [0.717, 1.165) is 33.2 Å². The minimum Gasteiger partial charge on any atom is -0.336 e. The van der Waals surface area contributed by atoms with Crippen molar-refractivity contribution in [2.24, 2.45) is 0 Å². The van der Waals surface area contributed by atoms with Gasteiger partial charge in [0.2, 0.25) is 11.1 Å². The molecule has 0 saturated heterocycles. The Morgan fingerprint density at radius 3 is 3.00 bits per heavy atom. The van der Waals surface area contributed by atoms with Crippen LogP contribution in [0.2, 0.25) is 0 Å². The highest BCUT2D eigenvalue weighted by atomic mass is 32.2. The van der Waals surface area contributed by atoms with Crippen LogP contribution in [0.5, 0.6) is 0 Å². The average Bonchev–Trinajstić information content (AvgIpc) is 3.20. The Balaban J connectivity index is 1.41. The Labute approximate surface area is 153 Å². The number of benzene rings is 1. The first kappa shape index (κ1) is 16.5. The molecule has 0 N–H and O–H groups in total. The van der Waals surface area contributed by atoms with Gasteiger partial charge in [0, 0.05) is 7.05 Å². The van der Waals surface area contributed by atoms with Crippen molar-refractivity contribution in [1.82, 2.24) is 30.1 Å². The minimum absolute atomic E-state index is 0.0436. The lowest BCUT2D eigenvalue weighted by Gasteiger charge is -2.23. The van der Waals surface area contributed by atoms with Crippen LogP contribution in [0.15, 0.2) is 29.4 Å². The molecule has 1 aromatic carbocycles. The number of rotatable bonds is 6. The molecule has 7 nitrogen and oxygen atoms in total. The molecule has 1 atom stereocenters. The summed E-state index contributed by atoms with van der Waals surface area (Å²) in [6.45, 7) is 2.01. The third-order valence-electron chi connectivity index (χ3n) is 4.32. The van der Waals surface area contributed by atoms with Gasteiger partial charge in [0.25, 0.3) is 0 Å². The molecule has 9 heteroatoms. The number of carbonyl (C=O) groups excluding carboxylic acids is 1. The Hall–Kier alpha value is -2.00. The van der Waals surface area contributed by atoms with Crippen LogP contribution in [-0.2, 0) is 4.79 Å². The summed E-state index contributed by atoms with van der Waals surface area (Å²) >= 11 is 3.03. The van der Waals surface area contributed by atoms with E-state index in [1.807, 2.05) is 36.9 Å². The quantitative estimate of drug-likeness (QED) is 0.618. The zero-order valence-corrected chi connectivity index (χ0v) is 15.6. The monoisotopic (exact) mass is 374 g/mol. The summed E-state index contributed by atoms with van der Waals surface area (Å²) in [6, 6.07) is 8.38. The summed E-state index contributed by atoms with van der Waals surface area (Å²) in [5, 5.41) is 13.4. The minimum atomic E-state index is -0.0649. The topological polar surface area (TPSA) is 76.8 Å². The number of para-hydroxylation sites is 1. The number of amides is 1. The van der Waals surface area contributed by atoms with Gasteiger partial charge < -0.3 is 4.90 Å². The molecule has 3 aromatic rings. The van der Waals surface area contributed by atoms with Crippen molar-refractivity contribution >= 4 is 39.2 Å². The first-order valence-electron chi connectivity index (χ1n) is 8.15. The zero-order valence-electron chi connectivity index (χ0n) is 14.0. The molecule has 0 spiro atoms. The molecule has 1 saturated carbocycles. The molecule has 0 radical (unpaired) electrons. The molecule has 1 amide bonds. The second-order valence-corrected chi connectivity index (χ2v) is 8.13. The fourth-order valence-corrected chi connectivity index (χ4v) is 4.44. The van der Waals surface area contributed by atoms with Gasteiger partial charge in [-0.05, 0) is 42.3 Å². The lowest BCUT2D eigenvalue weighted by Crippen LogP contribution is -2.31. The third-order valence-corrected chi connectivity index (χ3v) is 6.45. The highest BCUT2D eigenvalue weighted by Gasteiger charge is 2.28. The Morgan fingerprint density at radius 2 is 2.24 bits per heavy atom. The van der Waals surface area contributed by atoms with Gasteiger partial charge >= 0.3 is 0 Å². The summed E-state index contributed by atoms with van der Waals surface area (Å²) < 4.78 is 2.97. The van der Waals surface area contributed by atoms with Crippen molar-refractivity contribution in [2.75, 3.05) is 12.8 Å². The number of thioether (sulfide) groups is 1. The molecular formula is C16H18N6OS2. The van der Waals surface area contributed by atoms with E-state index in [1.54, 1.807) is 16.2 Å². The average molecular weight is 374 g/mol. The van der Waals surface area contributed by atoms with Crippen LogP contribution in [0.25, 0.3) is 10.2 Å². The van der Waals surface area contributed by atoms with Gasteiger partial charge in [-0.25, -0.2) is 9.67 Å². The summed E-state index contributed by atoms with van der Waals surface area (Å²) in [6.07, 6.45) is 2.22. The molecule has 2 heterocycles. The zero-order chi connectivity index (χ0) is 17.4. The Morgan fingerprint density at radius 1 is 1.44 bits per heavy atom. The molecule has 130 valence electrons. The summed E-state index contributed by atoms with van der Waals surface area (Å²) in [4.78, 5) is 19.0. The molecule has 0 aliphatic heterocycles. The molecule has 1 aliphatic rings.